The van der Waals surface area contributed by atoms with E-state index in [0.29, 0.717) is 12.8 Å². The van der Waals surface area contributed by atoms with Crippen molar-refractivity contribution in [2.75, 3.05) is 0 Å². The second-order valence-electron chi connectivity index (χ2n) is 3.38. The molecule has 1 unspecified atom stereocenters. The van der Waals surface area contributed by atoms with E-state index in [0.717, 1.165) is 12.5 Å². The van der Waals surface area contributed by atoms with Gasteiger partial charge in [0.1, 0.15) is 0 Å². The minimum atomic E-state index is -1.19. The number of carboxylic acids is 1. The van der Waals surface area contributed by atoms with Crippen LogP contribution in [-0.2, 0) is 14.3 Å². The van der Waals surface area contributed by atoms with Gasteiger partial charge in [-0.15, -0.1) is 0 Å². The second kappa shape index (κ2) is 7.87. The number of carbonyl (C=O) groups is 2. The summed E-state index contributed by atoms with van der Waals surface area (Å²) >= 11 is 0. The van der Waals surface area contributed by atoms with Crippen LogP contribution in [-0.4, -0.2) is 28.4 Å². The third kappa shape index (κ3) is 6.19. The highest BCUT2D eigenvalue weighted by atomic mass is 16.6. The van der Waals surface area contributed by atoms with Crippen LogP contribution < -0.4 is 0 Å². The summed E-state index contributed by atoms with van der Waals surface area (Å²) in [6.45, 7) is 3.59. The molecule has 0 aliphatic heterocycles. The van der Waals surface area contributed by atoms with Crippen LogP contribution in [0, 0.1) is 0 Å². The predicted octanol–water partition coefficient (Wildman–Crippen LogP) is 1.46. The molecule has 0 saturated carbocycles. The number of carboxylic acid groups (broad SMARTS) is 1. The smallest absolute Gasteiger partial charge is 0.336 e. The Morgan fingerprint density at radius 3 is 2.44 bits per heavy atom. The van der Waals surface area contributed by atoms with Gasteiger partial charge in [0.2, 0.25) is 6.29 Å². The van der Waals surface area contributed by atoms with Gasteiger partial charge in [-0.05, 0) is 12.8 Å². The van der Waals surface area contributed by atoms with Gasteiger partial charge in [-0.25, -0.2) is 9.59 Å². The lowest BCUT2D eigenvalue weighted by atomic mass is 10.1. The Morgan fingerprint density at radius 2 is 2.00 bits per heavy atom. The first-order chi connectivity index (χ1) is 7.51. The number of rotatable bonds is 7. The van der Waals surface area contributed by atoms with Crippen LogP contribution in [0.4, 0.5) is 0 Å². The molecule has 2 N–H and O–H groups in total. The number of hydrogen-bond donors (Lipinski definition) is 2. The van der Waals surface area contributed by atoms with E-state index >= 15 is 0 Å². The highest BCUT2D eigenvalue weighted by molar-refractivity contribution is 5.95. The molecule has 1 atom stereocenters. The van der Waals surface area contributed by atoms with Crippen molar-refractivity contribution < 1.29 is 24.5 Å². The largest absolute Gasteiger partial charge is 0.478 e. The van der Waals surface area contributed by atoms with E-state index in [1.54, 1.807) is 6.92 Å². The van der Waals surface area contributed by atoms with Gasteiger partial charge >= 0.3 is 11.9 Å². The molecule has 16 heavy (non-hydrogen) atoms. The lowest BCUT2D eigenvalue weighted by Crippen LogP contribution is -2.18. The van der Waals surface area contributed by atoms with Gasteiger partial charge in [0, 0.05) is 18.1 Å². The summed E-state index contributed by atoms with van der Waals surface area (Å²) in [5, 5.41) is 17.7. The Bertz CT molecular complexity index is 270. The molecule has 0 aliphatic carbocycles. The van der Waals surface area contributed by atoms with Crippen molar-refractivity contribution in [3.8, 4) is 0 Å². The number of carbonyl (C=O) groups excluding carboxylic acids is 1. The van der Waals surface area contributed by atoms with Crippen LogP contribution in [0.1, 0.15) is 39.5 Å². The zero-order valence-electron chi connectivity index (χ0n) is 9.60. The lowest BCUT2D eigenvalue weighted by molar-refractivity contribution is -0.163. The summed E-state index contributed by atoms with van der Waals surface area (Å²) in [5.74, 6) is -1.95. The molecule has 0 amide bonds. The predicted molar refractivity (Wildman–Crippen MR) is 57.6 cm³/mol. The Morgan fingerprint density at radius 1 is 1.38 bits per heavy atom. The Hall–Kier alpha value is -1.36. The first-order valence-electron chi connectivity index (χ1n) is 5.33. The average Bonchev–Trinajstić information content (AvgIpc) is 2.23. The van der Waals surface area contributed by atoms with E-state index < -0.39 is 18.2 Å². The van der Waals surface area contributed by atoms with Gasteiger partial charge in [0.25, 0.3) is 0 Å². The summed E-state index contributed by atoms with van der Waals surface area (Å²) < 4.78 is 4.64. The Kier molecular flexibility index (Phi) is 7.20. The lowest BCUT2D eigenvalue weighted by Gasteiger charge is -2.11. The molecule has 5 heteroatoms. The van der Waals surface area contributed by atoms with Crippen molar-refractivity contribution in [3.05, 3.63) is 11.6 Å². The van der Waals surface area contributed by atoms with E-state index in [1.165, 1.54) is 0 Å². The maximum Gasteiger partial charge on any atom is 0.336 e. The molecular weight excluding hydrogens is 212 g/mol. The number of esters is 1. The van der Waals surface area contributed by atoms with E-state index in [1.807, 2.05) is 6.92 Å². The minimum Gasteiger partial charge on any atom is -0.478 e. The Labute approximate surface area is 94.7 Å². The maximum absolute atomic E-state index is 11.4. The third-order valence-corrected chi connectivity index (χ3v) is 1.95. The summed E-state index contributed by atoms with van der Waals surface area (Å²) in [6.07, 6.45) is 1.83. The number of hydrogen-bond acceptors (Lipinski definition) is 4. The highest BCUT2D eigenvalue weighted by Gasteiger charge is 2.15. The minimum absolute atomic E-state index is 0.0850. The highest BCUT2D eigenvalue weighted by Crippen LogP contribution is 2.11. The third-order valence-electron chi connectivity index (χ3n) is 1.95. The molecule has 5 nitrogen and oxygen atoms in total. The molecule has 0 heterocycles. The van der Waals surface area contributed by atoms with Crippen LogP contribution in [0.15, 0.2) is 11.6 Å². The average molecular weight is 230 g/mol. The van der Waals surface area contributed by atoms with Gasteiger partial charge in [-0.2, -0.15) is 0 Å². The number of aliphatic carboxylic acids is 1. The van der Waals surface area contributed by atoms with E-state index in [-0.39, 0.29) is 12.0 Å². The summed E-state index contributed by atoms with van der Waals surface area (Å²) in [4.78, 5) is 21.9. The SMILES string of the molecule is CCCCC(=CC(=O)O)C(=O)OC(O)CC. The molecule has 0 spiro atoms. The first-order valence-corrected chi connectivity index (χ1v) is 5.33. The number of aliphatic hydroxyl groups is 1. The maximum atomic E-state index is 11.4. The summed E-state index contributed by atoms with van der Waals surface area (Å²) in [5.41, 5.74) is 0.0850. The zero-order chi connectivity index (χ0) is 12.6. The second-order valence-corrected chi connectivity index (χ2v) is 3.38. The van der Waals surface area contributed by atoms with Crippen molar-refractivity contribution in [1.82, 2.24) is 0 Å². The molecule has 92 valence electrons. The van der Waals surface area contributed by atoms with Gasteiger partial charge in [0.15, 0.2) is 0 Å². The molecule has 0 radical (unpaired) electrons. The van der Waals surface area contributed by atoms with Crippen LogP contribution in [0.3, 0.4) is 0 Å². The summed E-state index contributed by atoms with van der Waals surface area (Å²) in [6, 6.07) is 0. The van der Waals surface area contributed by atoms with Gasteiger partial charge in [-0.3, -0.25) is 0 Å². The van der Waals surface area contributed by atoms with Crippen LogP contribution in [0.5, 0.6) is 0 Å². The van der Waals surface area contributed by atoms with Crippen molar-refractivity contribution in [2.24, 2.45) is 0 Å². The van der Waals surface area contributed by atoms with Crippen molar-refractivity contribution >= 4 is 11.9 Å². The van der Waals surface area contributed by atoms with Crippen molar-refractivity contribution in [1.29, 1.82) is 0 Å². The molecule has 0 aromatic rings. The molecular formula is C11H18O5. The number of unbranched alkanes of at least 4 members (excludes halogenated alkanes) is 1. The van der Waals surface area contributed by atoms with E-state index in [9.17, 15) is 9.59 Å². The number of aliphatic hydroxyl groups excluding tert-OH is 1. The zero-order valence-corrected chi connectivity index (χ0v) is 9.60. The molecule has 0 rings (SSSR count). The standard InChI is InChI=1S/C11H18O5/c1-3-5-6-8(7-9(12)13)11(15)16-10(14)4-2/h7,10,14H,3-6H2,1-2H3,(H,12,13). The first kappa shape index (κ1) is 14.6. The fourth-order valence-electron chi connectivity index (χ4n) is 1.03. The van der Waals surface area contributed by atoms with Crippen molar-refractivity contribution in [3.63, 3.8) is 0 Å². The fraction of sp³-hybridized carbons (Fsp3) is 0.636. The molecule has 0 saturated heterocycles. The fourth-order valence-corrected chi connectivity index (χ4v) is 1.03. The topological polar surface area (TPSA) is 83.8 Å². The quantitative estimate of drug-likeness (QED) is 0.393. The van der Waals surface area contributed by atoms with Crippen LogP contribution >= 0.6 is 0 Å². The Balaban J connectivity index is 4.50. The van der Waals surface area contributed by atoms with E-state index in [2.05, 4.69) is 4.74 Å². The van der Waals surface area contributed by atoms with Gasteiger partial charge in [0.05, 0.1) is 0 Å². The van der Waals surface area contributed by atoms with E-state index in [4.69, 9.17) is 10.2 Å². The van der Waals surface area contributed by atoms with Crippen LogP contribution in [0.2, 0.25) is 0 Å². The normalized spacial score (nSPS) is 13.3. The van der Waals surface area contributed by atoms with Crippen LogP contribution in [0.25, 0.3) is 0 Å². The monoisotopic (exact) mass is 230 g/mol. The molecule has 0 bridgehead atoms. The van der Waals surface area contributed by atoms with Crippen molar-refractivity contribution in [2.45, 2.75) is 45.8 Å². The van der Waals surface area contributed by atoms with Gasteiger partial charge in [-0.1, -0.05) is 20.3 Å². The molecule has 0 fully saturated rings. The molecule has 0 aliphatic rings. The number of ether oxygens (including phenoxy) is 1. The summed E-state index contributed by atoms with van der Waals surface area (Å²) in [7, 11) is 0. The molecule has 0 aromatic carbocycles. The molecule has 0 aromatic heterocycles. The van der Waals surface area contributed by atoms with Gasteiger partial charge < -0.3 is 14.9 Å².